The van der Waals surface area contributed by atoms with Crippen LogP contribution < -0.4 is 5.32 Å². The van der Waals surface area contributed by atoms with Gasteiger partial charge in [0.1, 0.15) is 0 Å². The number of hydrogen-bond donors (Lipinski definition) is 1. The van der Waals surface area contributed by atoms with Crippen LogP contribution in [0.3, 0.4) is 0 Å². The summed E-state index contributed by atoms with van der Waals surface area (Å²) in [5.41, 5.74) is 0. The molecule has 1 aromatic rings. The number of halogens is 2. The number of allylic oxidation sites excluding steroid dienone is 1. The van der Waals surface area contributed by atoms with Crippen LogP contribution >= 0.6 is 36.2 Å². The van der Waals surface area contributed by atoms with E-state index in [0.29, 0.717) is 6.04 Å². The molecule has 0 saturated carbocycles. The number of piperazine rings is 1. The van der Waals surface area contributed by atoms with Crippen LogP contribution in [0.5, 0.6) is 0 Å². The number of nitrogens with zero attached hydrogens (tertiary/aromatic N) is 1. The molecule has 2 nitrogen and oxygen atoms in total. The summed E-state index contributed by atoms with van der Waals surface area (Å²) in [5, 5.41) is 5.59. The fourth-order valence-corrected chi connectivity index (χ4v) is 3.15. The highest BCUT2D eigenvalue weighted by molar-refractivity contribution is 7.10. The van der Waals surface area contributed by atoms with Crippen LogP contribution in [0.15, 0.2) is 30.2 Å². The van der Waals surface area contributed by atoms with Crippen LogP contribution in [-0.4, -0.2) is 31.1 Å². The first kappa shape index (κ1) is 17.9. The quantitative estimate of drug-likeness (QED) is 0.838. The van der Waals surface area contributed by atoms with Crippen molar-refractivity contribution in [2.75, 3.05) is 26.2 Å². The Morgan fingerprint density at radius 3 is 2.67 bits per heavy atom. The highest BCUT2D eigenvalue weighted by Gasteiger charge is 2.21. The molecule has 1 atom stereocenters. The van der Waals surface area contributed by atoms with E-state index in [2.05, 4.69) is 34.3 Å². The van der Waals surface area contributed by atoms with Crippen molar-refractivity contribution in [3.63, 3.8) is 0 Å². The van der Waals surface area contributed by atoms with Crippen molar-refractivity contribution in [2.24, 2.45) is 0 Å². The lowest BCUT2D eigenvalue weighted by molar-refractivity contribution is 0.168. The van der Waals surface area contributed by atoms with E-state index in [-0.39, 0.29) is 24.8 Å². The average molecular weight is 309 g/mol. The third-order valence-electron chi connectivity index (χ3n) is 3.11. The summed E-state index contributed by atoms with van der Waals surface area (Å²) in [4.78, 5) is 4.11. The third-order valence-corrected chi connectivity index (χ3v) is 4.08. The van der Waals surface area contributed by atoms with Crippen molar-refractivity contribution in [1.82, 2.24) is 10.2 Å². The Balaban J connectivity index is 0.00000144. The molecule has 1 N–H and O–H groups in total. The zero-order valence-electron chi connectivity index (χ0n) is 10.5. The summed E-state index contributed by atoms with van der Waals surface area (Å²) < 4.78 is 0. The monoisotopic (exact) mass is 308 g/mol. The Kier molecular flexibility index (Phi) is 9.78. The van der Waals surface area contributed by atoms with Gasteiger partial charge in [-0.1, -0.05) is 12.1 Å². The summed E-state index contributed by atoms with van der Waals surface area (Å²) in [6, 6.07) is 5.02. The highest BCUT2D eigenvalue weighted by Crippen LogP contribution is 2.29. The number of thiophene rings is 1. The van der Waals surface area contributed by atoms with Gasteiger partial charge in [0, 0.05) is 37.1 Å². The largest absolute Gasteiger partial charge is 0.314 e. The first-order valence-corrected chi connectivity index (χ1v) is 6.89. The van der Waals surface area contributed by atoms with Gasteiger partial charge < -0.3 is 5.32 Å². The van der Waals surface area contributed by atoms with Crippen LogP contribution in [-0.2, 0) is 0 Å². The summed E-state index contributed by atoms with van der Waals surface area (Å²) in [7, 11) is 0. The van der Waals surface area contributed by atoms with Crippen LogP contribution in [0.25, 0.3) is 0 Å². The normalized spacial score (nSPS) is 17.3. The van der Waals surface area contributed by atoms with Crippen molar-refractivity contribution in [2.45, 2.75) is 18.9 Å². The van der Waals surface area contributed by atoms with E-state index in [4.69, 9.17) is 0 Å². The molecule has 0 amide bonds. The maximum Gasteiger partial charge on any atom is 0.0445 e. The van der Waals surface area contributed by atoms with Crippen molar-refractivity contribution in [1.29, 1.82) is 0 Å². The Morgan fingerprint density at radius 2 is 2.11 bits per heavy atom. The predicted octanol–water partition coefficient (Wildman–Crippen LogP) is 3.50. The van der Waals surface area contributed by atoms with Gasteiger partial charge >= 0.3 is 0 Å². The molecule has 0 unspecified atom stereocenters. The second-order valence-corrected chi connectivity index (χ2v) is 5.16. The first-order valence-electron chi connectivity index (χ1n) is 6.01. The van der Waals surface area contributed by atoms with Gasteiger partial charge in [-0.15, -0.1) is 42.7 Å². The van der Waals surface area contributed by atoms with Crippen LogP contribution in [0.1, 0.15) is 23.8 Å². The minimum atomic E-state index is 0. The maximum absolute atomic E-state index is 3.83. The highest BCUT2D eigenvalue weighted by atomic mass is 35.5. The molecule has 0 aliphatic carbocycles. The molecule has 1 aromatic heterocycles. The molecular weight excluding hydrogens is 287 g/mol. The van der Waals surface area contributed by atoms with Gasteiger partial charge in [-0.25, -0.2) is 0 Å². The molecule has 18 heavy (non-hydrogen) atoms. The molecule has 1 aliphatic rings. The molecular formula is C13H22Cl2N2S. The van der Waals surface area contributed by atoms with Crippen molar-refractivity contribution >= 4 is 36.2 Å². The van der Waals surface area contributed by atoms with E-state index in [1.165, 1.54) is 24.4 Å². The second-order valence-electron chi connectivity index (χ2n) is 4.18. The fourth-order valence-electron chi connectivity index (χ4n) is 2.26. The lowest BCUT2D eigenvalue weighted by atomic mass is 10.1. The van der Waals surface area contributed by atoms with Crippen LogP contribution in [0, 0.1) is 0 Å². The van der Waals surface area contributed by atoms with E-state index in [1.54, 1.807) is 0 Å². The van der Waals surface area contributed by atoms with Crippen molar-refractivity contribution < 1.29 is 0 Å². The van der Waals surface area contributed by atoms with Crippen LogP contribution in [0.4, 0.5) is 0 Å². The Bertz CT molecular complexity index is 311. The van der Waals surface area contributed by atoms with Crippen molar-refractivity contribution in [3.05, 3.63) is 35.0 Å². The zero-order chi connectivity index (χ0) is 11.2. The minimum absolute atomic E-state index is 0. The third kappa shape index (κ3) is 4.90. The van der Waals surface area contributed by atoms with Gasteiger partial charge in [-0.05, 0) is 24.3 Å². The fraction of sp³-hybridized carbons (Fsp3) is 0.538. The lowest BCUT2D eigenvalue weighted by Gasteiger charge is -2.34. The molecule has 0 spiro atoms. The van der Waals surface area contributed by atoms with Crippen LogP contribution in [0.2, 0.25) is 0 Å². The Labute approximate surface area is 126 Å². The Hall–Kier alpha value is -0.0600. The summed E-state index contributed by atoms with van der Waals surface area (Å²) in [5.74, 6) is 0. The van der Waals surface area contributed by atoms with Gasteiger partial charge in [0.15, 0.2) is 0 Å². The smallest absolute Gasteiger partial charge is 0.0445 e. The maximum atomic E-state index is 3.83. The molecule has 0 aromatic carbocycles. The SMILES string of the molecule is C=CCC[C@@H](c1cccs1)N1CCNCC1.Cl.Cl. The standard InChI is InChI=1S/C13H20N2S.2ClH/c1-2-3-5-12(13-6-4-11-16-13)15-9-7-14-8-10-15;;/h2,4,6,11-12,14H,1,3,5,7-10H2;2*1H/t12-;;/m0../s1. The molecule has 2 rings (SSSR count). The second kappa shape index (κ2) is 9.82. The molecule has 2 heterocycles. The predicted molar refractivity (Wildman–Crippen MR) is 85.4 cm³/mol. The first-order chi connectivity index (χ1) is 7.92. The van der Waals surface area contributed by atoms with Gasteiger partial charge in [0.05, 0.1) is 0 Å². The molecule has 104 valence electrons. The molecule has 1 fully saturated rings. The van der Waals surface area contributed by atoms with E-state index >= 15 is 0 Å². The Morgan fingerprint density at radius 1 is 1.39 bits per heavy atom. The lowest BCUT2D eigenvalue weighted by Crippen LogP contribution is -2.45. The average Bonchev–Trinajstić information content (AvgIpc) is 2.85. The van der Waals surface area contributed by atoms with Gasteiger partial charge in [-0.2, -0.15) is 0 Å². The summed E-state index contributed by atoms with van der Waals surface area (Å²) in [6.45, 7) is 8.41. The molecule has 0 bridgehead atoms. The van der Waals surface area contributed by atoms with Gasteiger partial charge in [0.2, 0.25) is 0 Å². The van der Waals surface area contributed by atoms with Crippen molar-refractivity contribution in [3.8, 4) is 0 Å². The van der Waals surface area contributed by atoms with E-state index in [9.17, 15) is 0 Å². The topological polar surface area (TPSA) is 15.3 Å². The van der Waals surface area contributed by atoms with Gasteiger partial charge in [-0.3, -0.25) is 4.90 Å². The van der Waals surface area contributed by atoms with E-state index in [1.807, 2.05) is 17.4 Å². The number of nitrogens with one attached hydrogen (secondary N) is 1. The van der Waals surface area contributed by atoms with E-state index < -0.39 is 0 Å². The van der Waals surface area contributed by atoms with E-state index in [0.717, 1.165) is 19.5 Å². The van der Waals surface area contributed by atoms with Gasteiger partial charge in [0.25, 0.3) is 0 Å². The number of rotatable bonds is 5. The molecule has 0 radical (unpaired) electrons. The molecule has 5 heteroatoms. The number of hydrogen-bond acceptors (Lipinski definition) is 3. The zero-order valence-corrected chi connectivity index (χ0v) is 13.0. The summed E-state index contributed by atoms with van der Waals surface area (Å²) in [6.07, 6.45) is 4.33. The summed E-state index contributed by atoms with van der Waals surface area (Å²) >= 11 is 1.88. The molecule has 1 aliphatic heterocycles. The molecule has 1 saturated heterocycles. The minimum Gasteiger partial charge on any atom is -0.314 e.